The topological polar surface area (TPSA) is 65.4 Å². The Morgan fingerprint density at radius 3 is 2.45 bits per heavy atom. The van der Waals surface area contributed by atoms with Crippen LogP contribution in [0.25, 0.3) is 5.69 Å². The van der Waals surface area contributed by atoms with E-state index in [1.165, 1.54) is 30.1 Å². The Labute approximate surface area is 173 Å². The number of rotatable bonds is 8. The van der Waals surface area contributed by atoms with Gasteiger partial charge in [0.05, 0.1) is 19.4 Å². The molecule has 0 radical (unpaired) electrons. The van der Waals surface area contributed by atoms with Crippen molar-refractivity contribution < 1.29 is 18.7 Å². The molecule has 0 fully saturated rings. The monoisotopic (exact) mass is 415 g/mol. The van der Waals surface area contributed by atoms with Crippen LogP contribution in [0.2, 0.25) is 0 Å². The van der Waals surface area contributed by atoms with Crippen LogP contribution in [0.1, 0.15) is 24.3 Å². The lowest BCUT2D eigenvalue weighted by Gasteiger charge is -2.14. The molecule has 0 aliphatic rings. The SMILES string of the molecule is CCOc1ccc(NC(=O)c2cnc(SC)n2-c2ccc(F)cc2)cc1OCC. The van der Waals surface area contributed by atoms with Gasteiger partial charge in [-0.3, -0.25) is 9.36 Å². The molecule has 1 N–H and O–H groups in total. The minimum atomic E-state index is -0.344. The van der Waals surface area contributed by atoms with Crippen LogP contribution in [-0.4, -0.2) is 34.9 Å². The molecule has 3 aromatic rings. The predicted octanol–water partition coefficient (Wildman–Crippen LogP) is 4.78. The highest BCUT2D eigenvalue weighted by Gasteiger charge is 2.18. The van der Waals surface area contributed by atoms with Gasteiger partial charge in [-0.2, -0.15) is 0 Å². The van der Waals surface area contributed by atoms with Crippen LogP contribution in [0.3, 0.4) is 0 Å². The molecular formula is C21H22FN3O3S. The van der Waals surface area contributed by atoms with Gasteiger partial charge >= 0.3 is 0 Å². The fraction of sp³-hybridized carbons (Fsp3) is 0.238. The van der Waals surface area contributed by atoms with Crippen LogP contribution < -0.4 is 14.8 Å². The number of ether oxygens (including phenoxy) is 2. The first-order valence-corrected chi connectivity index (χ1v) is 10.4. The Morgan fingerprint density at radius 1 is 1.10 bits per heavy atom. The largest absolute Gasteiger partial charge is 0.490 e. The summed E-state index contributed by atoms with van der Waals surface area (Å²) in [6, 6.07) is 11.1. The van der Waals surface area contributed by atoms with Gasteiger partial charge in [-0.25, -0.2) is 9.37 Å². The second kappa shape index (κ2) is 9.47. The third-order valence-corrected chi connectivity index (χ3v) is 4.68. The summed E-state index contributed by atoms with van der Waals surface area (Å²) in [6.07, 6.45) is 3.37. The van der Waals surface area contributed by atoms with Crippen LogP contribution in [-0.2, 0) is 0 Å². The third-order valence-electron chi connectivity index (χ3n) is 4.03. The number of amides is 1. The summed E-state index contributed by atoms with van der Waals surface area (Å²) < 4.78 is 26.2. The number of hydrogen-bond acceptors (Lipinski definition) is 5. The fourth-order valence-corrected chi connectivity index (χ4v) is 3.35. The standard InChI is InChI=1S/C21H22FN3O3S/c1-4-27-18-11-8-15(12-19(18)28-5-2)24-20(26)17-13-23-21(29-3)25(17)16-9-6-14(22)7-10-16/h6-13H,4-5H2,1-3H3,(H,24,26). The maximum absolute atomic E-state index is 13.3. The van der Waals surface area contributed by atoms with Crippen molar-refractivity contribution in [3.63, 3.8) is 0 Å². The molecule has 152 valence electrons. The van der Waals surface area contributed by atoms with E-state index in [1.54, 1.807) is 34.9 Å². The van der Waals surface area contributed by atoms with Gasteiger partial charge in [0.2, 0.25) is 0 Å². The zero-order valence-corrected chi connectivity index (χ0v) is 17.3. The lowest BCUT2D eigenvalue weighted by atomic mass is 10.2. The molecule has 0 aliphatic carbocycles. The number of halogens is 1. The Kier molecular flexibility index (Phi) is 6.77. The third kappa shape index (κ3) is 4.71. The van der Waals surface area contributed by atoms with Gasteiger partial charge in [-0.1, -0.05) is 11.8 Å². The molecule has 3 rings (SSSR count). The minimum absolute atomic E-state index is 0.339. The van der Waals surface area contributed by atoms with E-state index in [0.29, 0.717) is 46.9 Å². The van der Waals surface area contributed by atoms with Crippen molar-refractivity contribution in [2.24, 2.45) is 0 Å². The van der Waals surface area contributed by atoms with E-state index < -0.39 is 0 Å². The first-order valence-electron chi connectivity index (χ1n) is 9.16. The highest BCUT2D eigenvalue weighted by Crippen LogP contribution is 2.31. The number of carbonyl (C=O) groups excluding carboxylic acids is 1. The molecule has 1 amide bonds. The van der Waals surface area contributed by atoms with E-state index in [2.05, 4.69) is 10.3 Å². The summed E-state index contributed by atoms with van der Waals surface area (Å²) in [6.45, 7) is 4.77. The fourth-order valence-electron chi connectivity index (χ4n) is 2.80. The lowest BCUT2D eigenvalue weighted by Crippen LogP contribution is -2.17. The Hall–Kier alpha value is -3.00. The van der Waals surface area contributed by atoms with Crippen LogP contribution in [0, 0.1) is 5.82 Å². The number of nitrogens with one attached hydrogen (secondary N) is 1. The summed E-state index contributed by atoms with van der Waals surface area (Å²) >= 11 is 1.40. The van der Waals surface area contributed by atoms with Crippen molar-refractivity contribution in [3.8, 4) is 17.2 Å². The number of anilines is 1. The molecule has 0 bridgehead atoms. The van der Waals surface area contributed by atoms with Gasteiger partial charge < -0.3 is 14.8 Å². The Bertz CT molecular complexity index is 989. The predicted molar refractivity (Wildman–Crippen MR) is 112 cm³/mol. The molecule has 1 aromatic heterocycles. The average Bonchev–Trinajstić information content (AvgIpc) is 3.15. The second-order valence-corrected chi connectivity index (χ2v) is 6.70. The summed E-state index contributed by atoms with van der Waals surface area (Å²) in [4.78, 5) is 17.3. The smallest absolute Gasteiger partial charge is 0.274 e. The number of hydrogen-bond donors (Lipinski definition) is 1. The van der Waals surface area contributed by atoms with E-state index in [0.717, 1.165) is 0 Å². The molecule has 0 aliphatic heterocycles. The van der Waals surface area contributed by atoms with Gasteiger partial charge in [0, 0.05) is 17.4 Å². The van der Waals surface area contributed by atoms with Crippen LogP contribution in [0.15, 0.2) is 53.8 Å². The molecular weight excluding hydrogens is 393 g/mol. The molecule has 0 atom stereocenters. The van der Waals surface area contributed by atoms with E-state index in [4.69, 9.17) is 9.47 Å². The average molecular weight is 415 g/mol. The molecule has 0 saturated heterocycles. The number of nitrogens with zero attached hydrogens (tertiary/aromatic N) is 2. The normalized spacial score (nSPS) is 10.6. The molecule has 0 saturated carbocycles. The van der Waals surface area contributed by atoms with E-state index in [9.17, 15) is 9.18 Å². The zero-order chi connectivity index (χ0) is 20.8. The molecule has 0 spiro atoms. The lowest BCUT2D eigenvalue weighted by molar-refractivity contribution is 0.102. The van der Waals surface area contributed by atoms with Crippen molar-refractivity contribution in [1.82, 2.24) is 9.55 Å². The summed E-state index contributed by atoms with van der Waals surface area (Å²) in [7, 11) is 0. The van der Waals surface area contributed by atoms with Gasteiger partial charge in [-0.05, 0) is 56.5 Å². The molecule has 1 heterocycles. The summed E-state index contributed by atoms with van der Waals surface area (Å²) in [5.74, 6) is 0.495. The van der Waals surface area contributed by atoms with Crippen molar-refractivity contribution in [2.45, 2.75) is 19.0 Å². The molecule has 29 heavy (non-hydrogen) atoms. The Morgan fingerprint density at radius 2 is 1.79 bits per heavy atom. The van der Waals surface area contributed by atoms with E-state index in [-0.39, 0.29) is 11.7 Å². The number of carbonyl (C=O) groups is 1. The summed E-state index contributed by atoms with van der Waals surface area (Å²) in [5, 5.41) is 3.49. The van der Waals surface area contributed by atoms with Crippen LogP contribution >= 0.6 is 11.8 Å². The number of imidazole rings is 1. The van der Waals surface area contributed by atoms with Crippen LogP contribution in [0.4, 0.5) is 10.1 Å². The van der Waals surface area contributed by atoms with E-state index in [1.807, 2.05) is 20.1 Å². The zero-order valence-electron chi connectivity index (χ0n) is 16.4. The molecule has 6 nitrogen and oxygen atoms in total. The van der Waals surface area contributed by atoms with Gasteiger partial charge in [-0.15, -0.1) is 0 Å². The summed E-state index contributed by atoms with van der Waals surface area (Å²) in [5.41, 5.74) is 1.56. The molecule has 2 aromatic carbocycles. The Balaban J connectivity index is 1.91. The quantitative estimate of drug-likeness (QED) is 0.536. The van der Waals surface area contributed by atoms with Gasteiger partial charge in [0.25, 0.3) is 5.91 Å². The number of benzene rings is 2. The maximum Gasteiger partial charge on any atom is 0.274 e. The van der Waals surface area contributed by atoms with Crippen molar-refractivity contribution in [1.29, 1.82) is 0 Å². The molecule has 8 heteroatoms. The van der Waals surface area contributed by atoms with Gasteiger partial charge in [0.1, 0.15) is 11.5 Å². The van der Waals surface area contributed by atoms with Crippen molar-refractivity contribution >= 4 is 23.4 Å². The number of aromatic nitrogens is 2. The van der Waals surface area contributed by atoms with E-state index >= 15 is 0 Å². The maximum atomic E-state index is 13.3. The first-order chi connectivity index (χ1) is 14.1. The first kappa shape index (κ1) is 20.7. The highest BCUT2D eigenvalue weighted by molar-refractivity contribution is 7.98. The van der Waals surface area contributed by atoms with Crippen molar-refractivity contribution in [2.75, 3.05) is 24.8 Å². The van der Waals surface area contributed by atoms with Crippen molar-refractivity contribution in [3.05, 3.63) is 60.2 Å². The number of thioether (sulfide) groups is 1. The van der Waals surface area contributed by atoms with Gasteiger partial charge in [0.15, 0.2) is 16.7 Å². The molecule has 0 unspecified atom stereocenters. The second-order valence-electron chi connectivity index (χ2n) is 5.92. The van der Waals surface area contributed by atoms with Crippen LogP contribution in [0.5, 0.6) is 11.5 Å². The highest BCUT2D eigenvalue weighted by atomic mass is 32.2. The minimum Gasteiger partial charge on any atom is -0.490 e.